The molecule has 0 bridgehead atoms. The summed E-state index contributed by atoms with van der Waals surface area (Å²) in [6.07, 6.45) is 5.19. The van der Waals surface area contributed by atoms with Gasteiger partial charge in [0.2, 0.25) is 5.91 Å². The standard InChI is InChI=1S/C11H20N4OS/c1-3-15-11(2,9(12)16)5-4-8-17-10-13-6-7-14-10/h6-7,15H,3-5,8H2,1-2H3,(H2,12,16)(H,13,14). The average Bonchev–Trinajstić information content (AvgIpc) is 2.77. The molecule has 0 saturated carbocycles. The predicted octanol–water partition coefficient (Wildman–Crippen LogP) is 1.14. The van der Waals surface area contributed by atoms with Crippen LogP contribution in [0, 0.1) is 0 Å². The van der Waals surface area contributed by atoms with Crippen LogP contribution in [0.4, 0.5) is 0 Å². The van der Waals surface area contributed by atoms with E-state index in [0.717, 1.165) is 30.3 Å². The highest BCUT2D eigenvalue weighted by Crippen LogP contribution is 2.18. The first-order chi connectivity index (χ1) is 8.08. The first-order valence-electron chi connectivity index (χ1n) is 5.75. The zero-order valence-corrected chi connectivity index (χ0v) is 11.1. The topological polar surface area (TPSA) is 83.8 Å². The van der Waals surface area contributed by atoms with Crippen LogP contribution in [0.2, 0.25) is 0 Å². The average molecular weight is 256 g/mol. The Morgan fingerprint density at radius 3 is 3.00 bits per heavy atom. The number of primary amides is 1. The zero-order valence-electron chi connectivity index (χ0n) is 10.3. The lowest BCUT2D eigenvalue weighted by atomic mass is 9.95. The second kappa shape index (κ2) is 6.66. The molecule has 0 fully saturated rings. The number of amides is 1. The molecule has 0 radical (unpaired) electrons. The largest absolute Gasteiger partial charge is 0.368 e. The molecule has 96 valence electrons. The van der Waals surface area contributed by atoms with Crippen LogP contribution >= 0.6 is 11.8 Å². The van der Waals surface area contributed by atoms with Gasteiger partial charge >= 0.3 is 0 Å². The molecule has 0 aromatic carbocycles. The Kier molecular flexibility index (Phi) is 5.50. The number of nitrogens with zero attached hydrogens (tertiary/aromatic N) is 1. The number of carbonyl (C=O) groups is 1. The van der Waals surface area contributed by atoms with E-state index >= 15 is 0 Å². The third kappa shape index (κ3) is 4.40. The van der Waals surface area contributed by atoms with Crippen molar-refractivity contribution >= 4 is 17.7 Å². The van der Waals surface area contributed by atoms with Crippen LogP contribution in [-0.4, -0.2) is 33.7 Å². The van der Waals surface area contributed by atoms with E-state index < -0.39 is 5.54 Å². The minimum Gasteiger partial charge on any atom is -0.368 e. The molecule has 1 atom stereocenters. The molecule has 17 heavy (non-hydrogen) atoms. The smallest absolute Gasteiger partial charge is 0.237 e. The monoisotopic (exact) mass is 256 g/mol. The van der Waals surface area contributed by atoms with Gasteiger partial charge in [0, 0.05) is 18.1 Å². The summed E-state index contributed by atoms with van der Waals surface area (Å²) in [5, 5.41) is 4.06. The molecule has 0 spiro atoms. The van der Waals surface area contributed by atoms with Gasteiger partial charge in [-0.05, 0) is 26.3 Å². The van der Waals surface area contributed by atoms with Crippen LogP contribution < -0.4 is 11.1 Å². The summed E-state index contributed by atoms with van der Waals surface area (Å²) in [4.78, 5) is 18.5. The second-order valence-corrected chi connectivity index (χ2v) is 5.16. The lowest BCUT2D eigenvalue weighted by molar-refractivity contribution is -0.124. The molecule has 1 aromatic rings. The van der Waals surface area contributed by atoms with E-state index in [9.17, 15) is 4.79 Å². The lowest BCUT2D eigenvalue weighted by Gasteiger charge is -2.26. The number of thioether (sulfide) groups is 1. The summed E-state index contributed by atoms with van der Waals surface area (Å²) >= 11 is 1.65. The van der Waals surface area contributed by atoms with Crippen molar-refractivity contribution in [1.82, 2.24) is 15.3 Å². The summed E-state index contributed by atoms with van der Waals surface area (Å²) < 4.78 is 0. The van der Waals surface area contributed by atoms with E-state index in [2.05, 4.69) is 15.3 Å². The fraction of sp³-hybridized carbons (Fsp3) is 0.636. The predicted molar refractivity (Wildman–Crippen MR) is 69.8 cm³/mol. The molecule has 0 aliphatic rings. The molecule has 5 nitrogen and oxygen atoms in total. The Hall–Kier alpha value is -1.01. The van der Waals surface area contributed by atoms with Crippen molar-refractivity contribution in [2.45, 2.75) is 37.4 Å². The number of aromatic amines is 1. The maximum absolute atomic E-state index is 11.4. The molecule has 1 unspecified atom stereocenters. The summed E-state index contributed by atoms with van der Waals surface area (Å²) in [7, 11) is 0. The number of carbonyl (C=O) groups excluding carboxylic acids is 1. The Morgan fingerprint density at radius 1 is 1.71 bits per heavy atom. The number of nitrogens with two attached hydrogens (primary N) is 1. The van der Waals surface area contributed by atoms with Crippen molar-refractivity contribution < 1.29 is 4.79 Å². The molecule has 1 amide bonds. The molecular formula is C11H20N4OS. The molecule has 1 aromatic heterocycles. The minimum atomic E-state index is -0.599. The minimum absolute atomic E-state index is 0.289. The number of nitrogens with one attached hydrogen (secondary N) is 2. The summed E-state index contributed by atoms with van der Waals surface area (Å²) in [6.45, 7) is 4.57. The van der Waals surface area contributed by atoms with E-state index in [1.54, 1.807) is 24.2 Å². The van der Waals surface area contributed by atoms with Gasteiger partial charge in [-0.3, -0.25) is 4.79 Å². The van der Waals surface area contributed by atoms with Crippen LogP contribution in [0.3, 0.4) is 0 Å². The highest BCUT2D eigenvalue weighted by molar-refractivity contribution is 7.99. The van der Waals surface area contributed by atoms with Crippen molar-refractivity contribution in [3.05, 3.63) is 12.4 Å². The van der Waals surface area contributed by atoms with Crippen molar-refractivity contribution in [1.29, 1.82) is 0 Å². The lowest BCUT2D eigenvalue weighted by Crippen LogP contribution is -2.53. The van der Waals surface area contributed by atoms with Crippen LogP contribution in [0.25, 0.3) is 0 Å². The van der Waals surface area contributed by atoms with Gasteiger partial charge in [-0.2, -0.15) is 0 Å². The first kappa shape index (κ1) is 14.1. The van der Waals surface area contributed by atoms with Gasteiger partial charge in [0.05, 0.1) is 5.54 Å². The normalized spacial score (nSPS) is 14.5. The van der Waals surface area contributed by atoms with Crippen LogP contribution in [0.5, 0.6) is 0 Å². The Bertz CT molecular complexity index is 341. The molecule has 4 N–H and O–H groups in total. The highest BCUT2D eigenvalue weighted by atomic mass is 32.2. The third-order valence-electron chi connectivity index (χ3n) is 2.64. The van der Waals surface area contributed by atoms with E-state index in [1.165, 1.54) is 0 Å². The third-order valence-corrected chi connectivity index (χ3v) is 3.63. The van der Waals surface area contributed by atoms with E-state index in [4.69, 9.17) is 5.73 Å². The fourth-order valence-corrected chi connectivity index (χ4v) is 2.38. The molecule has 6 heteroatoms. The molecule has 1 rings (SSSR count). The maximum Gasteiger partial charge on any atom is 0.237 e. The van der Waals surface area contributed by atoms with Gasteiger partial charge in [0.1, 0.15) is 0 Å². The first-order valence-corrected chi connectivity index (χ1v) is 6.74. The van der Waals surface area contributed by atoms with E-state index in [-0.39, 0.29) is 5.91 Å². The van der Waals surface area contributed by atoms with Crippen molar-refractivity contribution in [2.24, 2.45) is 5.73 Å². The number of imidazole rings is 1. The number of hydrogen-bond donors (Lipinski definition) is 3. The van der Waals surface area contributed by atoms with Crippen LogP contribution in [0.15, 0.2) is 17.6 Å². The van der Waals surface area contributed by atoms with Crippen LogP contribution in [-0.2, 0) is 4.79 Å². The van der Waals surface area contributed by atoms with Crippen molar-refractivity contribution in [2.75, 3.05) is 12.3 Å². The molecule has 1 heterocycles. The number of aromatic nitrogens is 2. The molecular weight excluding hydrogens is 236 g/mol. The number of likely N-dealkylation sites (N-methyl/N-ethyl adjacent to an activating group) is 1. The van der Waals surface area contributed by atoms with Gasteiger partial charge in [-0.25, -0.2) is 4.98 Å². The SMILES string of the molecule is CCNC(C)(CCCSc1ncc[nH]1)C(N)=O. The zero-order chi connectivity index (χ0) is 12.7. The van der Waals surface area contributed by atoms with Crippen LogP contribution in [0.1, 0.15) is 26.7 Å². The number of rotatable bonds is 8. The van der Waals surface area contributed by atoms with E-state index in [1.807, 2.05) is 13.8 Å². The number of hydrogen-bond acceptors (Lipinski definition) is 4. The Morgan fingerprint density at radius 2 is 2.47 bits per heavy atom. The van der Waals surface area contributed by atoms with Gasteiger partial charge in [-0.1, -0.05) is 18.7 Å². The Labute approximate surface area is 106 Å². The van der Waals surface area contributed by atoms with Crippen molar-refractivity contribution in [3.8, 4) is 0 Å². The molecule has 0 aliphatic heterocycles. The summed E-state index contributed by atoms with van der Waals surface area (Å²) in [5.74, 6) is 0.629. The summed E-state index contributed by atoms with van der Waals surface area (Å²) in [5.41, 5.74) is 4.81. The maximum atomic E-state index is 11.4. The number of H-pyrrole nitrogens is 1. The van der Waals surface area contributed by atoms with Gasteiger partial charge in [-0.15, -0.1) is 0 Å². The van der Waals surface area contributed by atoms with Gasteiger partial charge in [0.25, 0.3) is 0 Å². The molecule has 0 saturated heterocycles. The fourth-order valence-electron chi connectivity index (χ4n) is 1.61. The summed E-state index contributed by atoms with van der Waals surface area (Å²) in [6, 6.07) is 0. The van der Waals surface area contributed by atoms with Crippen molar-refractivity contribution in [3.63, 3.8) is 0 Å². The highest BCUT2D eigenvalue weighted by Gasteiger charge is 2.28. The van der Waals surface area contributed by atoms with Gasteiger partial charge in [0.15, 0.2) is 5.16 Å². The second-order valence-electron chi connectivity index (χ2n) is 4.07. The quantitative estimate of drug-likeness (QED) is 0.481. The van der Waals surface area contributed by atoms with E-state index in [0.29, 0.717) is 0 Å². The van der Waals surface area contributed by atoms with Gasteiger partial charge < -0.3 is 16.0 Å². The molecule has 0 aliphatic carbocycles. The Balaban J connectivity index is 2.30.